The lowest BCUT2D eigenvalue weighted by Gasteiger charge is -2.26. The molecule has 11 heteroatoms. The Morgan fingerprint density at radius 3 is 2.57 bits per heavy atom. The van der Waals surface area contributed by atoms with Crippen molar-refractivity contribution in [2.24, 2.45) is 0 Å². The number of halogens is 3. The summed E-state index contributed by atoms with van der Waals surface area (Å²) in [5.74, 6) is -0.624. The number of benzene rings is 1. The molecular weight excluding hydrogens is 379 g/mol. The smallest absolute Gasteiger partial charge is 0.416 e. The first kappa shape index (κ1) is 19.4. The van der Waals surface area contributed by atoms with Gasteiger partial charge in [-0.2, -0.15) is 13.2 Å². The van der Waals surface area contributed by atoms with Crippen LogP contribution in [0.4, 0.5) is 18.0 Å². The lowest BCUT2D eigenvalue weighted by Crippen LogP contribution is -2.45. The fourth-order valence-corrected chi connectivity index (χ4v) is 2.73. The van der Waals surface area contributed by atoms with E-state index in [1.165, 1.54) is 23.0 Å². The molecule has 0 fully saturated rings. The Morgan fingerprint density at radius 1 is 1.29 bits per heavy atom. The second kappa shape index (κ2) is 7.33. The van der Waals surface area contributed by atoms with Crippen LogP contribution in [0.1, 0.15) is 31.1 Å². The van der Waals surface area contributed by atoms with Crippen molar-refractivity contribution in [1.82, 2.24) is 25.6 Å². The topological polar surface area (TPSA) is 98.1 Å². The number of esters is 1. The summed E-state index contributed by atoms with van der Waals surface area (Å²) in [5, 5.41) is 12.9. The van der Waals surface area contributed by atoms with E-state index in [0.29, 0.717) is 11.4 Å². The van der Waals surface area contributed by atoms with Gasteiger partial charge in [0, 0.05) is 5.70 Å². The van der Waals surface area contributed by atoms with E-state index >= 15 is 0 Å². The molecule has 1 atom stereocenters. The zero-order valence-corrected chi connectivity index (χ0v) is 14.9. The van der Waals surface area contributed by atoms with E-state index in [-0.39, 0.29) is 17.9 Å². The quantitative estimate of drug-likeness (QED) is 0.775. The third-order valence-corrected chi connectivity index (χ3v) is 4.03. The summed E-state index contributed by atoms with van der Waals surface area (Å²) in [7, 11) is 0. The minimum absolute atomic E-state index is 0.147. The van der Waals surface area contributed by atoms with Crippen molar-refractivity contribution in [2.45, 2.75) is 26.1 Å². The molecule has 0 saturated carbocycles. The van der Waals surface area contributed by atoms with Crippen molar-refractivity contribution < 1.29 is 27.5 Å². The Balaban J connectivity index is 1.92. The minimum atomic E-state index is -4.44. The maximum absolute atomic E-state index is 12.7. The molecule has 1 aromatic carbocycles. The monoisotopic (exact) mass is 395 g/mol. The molecule has 148 valence electrons. The predicted octanol–water partition coefficient (Wildman–Crippen LogP) is 2.48. The first-order valence-corrected chi connectivity index (χ1v) is 8.26. The summed E-state index contributed by atoms with van der Waals surface area (Å²) >= 11 is 0. The minimum Gasteiger partial charge on any atom is -0.463 e. The molecule has 0 spiro atoms. The Morgan fingerprint density at radius 2 is 1.96 bits per heavy atom. The Labute approximate surface area is 157 Å². The van der Waals surface area contributed by atoms with Gasteiger partial charge in [-0.25, -0.2) is 14.3 Å². The molecule has 1 aliphatic heterocycles. The van der Waals surface area contributed by atoms with Gasteiger partial charge in [0.25, 0.3) is 0 Å². The van der Waals surface area contributed by atoms with E-state index in [1.54, 1.807) is 13.8 Å². The molecule has 0 bridgehead atoms. The van der Waals surface area contributed by atoms with Gasteiger partial charge < -0.3 is 15.4 Å². The molecule has 0 radical (unpaired) electrons. The molecule has 8 nitrogen and oxygen atoms in total. The van der Waals surface area contributed by atoms with Crippen molar-refractivity contribution in [3.8, 4) is 5.69 Å². The van der Waals surface area contributed by atoms with E-state index in [2.05, 4.69) is 20.9 Å². The van der Waals surface area contributed by atoms with Gasteiger partial charge in [-0.15, -0.1) is 5.10 Å². The lowest BCUT2D eigenvalue weighted by molar-refractivity contribution is -0.139. The summed E-state index contributed by atoms with van der Waals surface area (Å²) in [5.41, 5.74) is 0.269. The van der Waals surface area contributed by atoms with E-state index in [4.69, 9.17) is 4.74 Å². The number of aromatic nitrogens is 3. The van der Waals surface area contributed by atoms with Gasteiger partial charge in [-0.3, -0.25) is 0 Å². The Bertz CT molecular complexity index is 934. The Hall–Kier alpha value is -3.37. The van der Waals surface area contributed by atoms with Crippen LogP contribution in [0.5, 0.6) is 0 Å². The van der Waals surface area contributed by atoms with Crippen LogP contribution in [0, 0.1) is 0 Å². The van der Waals surface area contributed by atoms with E-state index in [9.17, 15) is 22.8 Å². The van der Waals surface area contributed by atoms with Crippen LogP contribution >= 0.6 is 0 Å². The number of amides is 2. The number of nitrogens with one attached hydrogen (secondary N) is 2. The highest BCUT2D eigenvalue weighted by atomic mass is 19.4. The molecule has 1 aromatic heterocycles. The second-order valence-electron chi connectivity index (χ2n) is 5.92. The van der Waals surface area contributed by atoms with Crippen LogP contribution in [-0.2, 0) is 15.7 Å². The molecule has 1 unspecified atom stereocenters. The van der Waals surface area contributed by atoms with Crippen LogP contribution in [-0.4, -0.2) is 33.6 Å². The highest BCUT2D eigenvalue weighted by Gasteiger charge is 2.34. The van der Waals surface area contributed by atoms with Gasteiger partial charge in [0.1, 0.15) is 11.7 Å². The van der Waals surface area contributed by atoms with Crippen molar-refractivity contribution in [3.63, 3.8) is 0 Å². The van der Waals surface area contributed by atoms with Crippen molar-refractivity contribution >= 4 is 12.0 Å². The number of allylic oxidation sites excluding steroid dienone is 1. The predicted molar refractivity (Wildman–Crippen MR) is 90.1 cm³/mol. The summed E-state index contributed by atoms with van der Waals surface area (Å²) < 4.78 is 44.4. The van der Waals surface area contributed by atoms with Gasteiger partial charge in [0.2, 0.25) is 0 Å². The van der Waals surface area contributed by atoms with Crippen LogP contribution < -0.4 is 10.6 Å². The van der Waals surface area contributed by atoms with Crippen LogP contribution in [0.2, 0.25) is 0 Å². The zero-order valence-electron chi connectivity index (χ0n) is 14.9. The standard InChI is InChI=1S/C17H16F3N5O3/c1-3-28-15(26)13-9(2)21-16(27)22-14(13)12-8-25(24-23-12)11-6-4-10(5-7-11)17(18,19)20/h4-8,14H,3H2,1-2H3,(H2,21,22,27). The number of carbonyl (C=O) groups is 2. The number of nitrogens with zero attached hydrogens (tertiary/aromatic N) is 3. The van der Waals surface area contributed by atoms with E-state index in [1.807, 2.05) is 0 Å². The number of urea groups is 1. The number of ether oxygens (including phenoxy) is 1. The zero-order chi connectivity index (χ0) is 20.5. The fourth-order valence-electron chi connectivity index (χ4n) is 2.73. The molecular formula is C17H16F3N5O3. The van der Waals surface area contributed by atoms with E-state index < -0.39 is 29.8 Å². The average molecular weight is 395 g/mol. The first-order chi connectivity index (χ1) is 13.2. The lowest BCUT2D eigenvalue weighted by atomic mass is 10.0. The molecule has 2 N–H and O–H groups in total. The number of alkyl halides is 3. The molecule has 0 saturated heterocycles. The summed E-state index contributed by atoms with van der Waals surface area (Å²) in [4.78, 5) is 24.1. The van der Waals surface area contributed by atoms with Crippen molar-refractivity contribution in [2.75, 3.05) is 6.61 Å². The average Bonchev–Trinajstić information content (AvgIpc) is 3.10. The number of rotatable bonds is 4. The number of hydrogen-bond donors (Lipinski definition) is 2. The van der Waals surface area contributed by atoms with Crippen LogP contribution in [0.3, 0.4) is 0 Å². The summed E-state index contributed by atoms with van der Waals surface area (Å²) in [6.07, 6.45) is -3.02. The van der Waals surface area contributed by atoms with E-state index in [0.717, 1.165) is 12.1 Å². The number of hydrogen-bond acceptors (Lipinski definition) is 5. The third kappa shape index (κ3) is 3.82. The highest BCUT2D eigenvalue weighted by Crippen LogP contribution is 2.30. The van der Waals surface area contributed by atoms with Crippen molar-refractivity contribution in [3.05, 3.63) is 53.0 Å². The van der Waals surface area contributed by atoms with Gasteiger partial charge >= 0.3 is 18.2 Å². The molecule has 0 aliphatic carbocycles. The molecule has 2 heterocycles. The Kier molecular flexibility index (Phi) is 5.08. The van der Waals surface area contributed by atoms with Crippen LogP contribution in [0.15, 0.2) is 41.7 Å². The molecule has 2 amide bonds. The summed E-state index contributed by atoms with van der Waals surface area (Å²) in [6, 6.07) is 2.91. The first-order valence-electron chi connectivity index (χ1n) is 8.26. The van der Waals surface area contributed by atoms with Crippen LogP contribution in [0.25, 0.3) is 5.69 Å². The second-order valence-corrected chi connectivity index (χ2v) is 5.92. The molecule has 1 aliphatic rings. The molecule has 3 rings (SSSR count). The van der Waals surface area contributed by atoms with Crippen molar-refractivity contribution in [1.29, 1.82) is 0 Å². The molecule has 2 aromatic rings. The van der Waals surface area contributed by atoms with Gasteiger partial charge in [-0.1, -0.05) is 5.21 Å². The maximum atomic E-state index is 12.7. The SMILES string of the molecule is CCOC(=O)C1=C(C)NC(=O)NC1c1cn(-c2ccc(C(F)(F)F)cc2)nn1. The van der Waals surface area contributed by atoms with Gasteiger partial charge in [0.15, 0.2) is 0 Å². The van der Waals surface area contributed by atoms with Gasteiger partial charge in [-0.05, 0) is 38.1 Å². The maximum Gasteiger partial charge on any atom is 0.416 e. The third-order valence-electron chi connectivity index (χ3n) is 4.03. The molecule has 28 heavy (non-hydrogen) atoms. The normalized spacial score (nSPS) is 17.2. The largest absolute Gasteiger partial charge is 0.463 e. The van der Waals surface area contributed by atoms with Gasteiger partial charge in [0.05, 0.1) is 29.6 Å². The fraction of sp³-hybridized carbons (Fsp3) is 0.294. The summed E-state index contributed by atoms with van der Waals surface area (Å²) in [6.45, 7) is 3.35. The highest BCUT2D eigenvalue weighted by molar-refractivity contribution is 5.94. The number of carbonyl (C=O) groups excluding carboxylic acids is 2.